The highest BCUT2D eigenvalue weighted by atomic mass is 35.5. The molecule has 0 aromatic heterocycles. The van der Waals surface area contributed by atoms with Crippen molar-refractivity contribution in [3.8, 4) is 0 Å². The molecule has 1 rings (SSSR count). The summed E-state index contributed by atoms with van der Waals surface area (Å²) in [5.41, 5.74) is 4.57. The molecule has 4 N–H and O–H groups in total. The van der Waals surface area contributed by atoms with E-state index >= 15 is 0 Å². The van der Waals surface area contributed by atoms with Crippen LogP contribution in [0.4, 0.5) is 10.1 Å². The van der Waals surface area contributed by atoms with Gasteiger partial charge in [-0.3, -0.25) is 4.72 Å². The molecule has 7 nitrogen and oxygen atoms in total. The summed E-state index contributed by atoms with van der Waals surface area (Å²) in [6, 6.07) is 3.01. The van der Waals surface area contributed by atoms with Gasteiger partial charge in [-0.15, -0.1) is 12.4 Å². The fourth-order valence-corrected chi connectivity index (χ4v) is 4.26. The summed E-state index contributed by atoms with van der Waals surface area (Å²) >= 11 is 0. The SMILES string of the molecule is CCC(CC)(CN)NS(=O)(=O)c1ccc(NS(=O)(=O)CC)c(F)c1.Cl. The first-order valence-electron chi connectivity index (χ1n) is 7.58. The molecule has 0 spiro atoms. The fraction of sp³-hybridized carbons (Fsp3) is 0.571. The van der Waals surface area contributed by atoms with E-state index in [0.717, 1.165) is 18.2 Å². The van der Waals surface area contributed by atoms with Crippen molar-refractivity contribution in [3.05, 3.63) is 24.0 Å². The fourth-order valence-electron chi connectivity index (χ4n) is 2.05. The van der Waals surface area contributed by atoms with Gasteiger partial charge in [0.15, 0.2) is 0 Å². The summed E-state index contributed by atoms with van der Waals surface area (Å²) in [6.07, 6.45) is 0.964. The molecule has 0 amide bonds. The predicted molar refractivity (Wildman–Crippen MR) is 99.4 cm³/mol. The molecule has 0 radical (unpaired) electrons. The van der Waals surface area contributed by atoms with E-state index in [9.17, 15) is 21.2 Å². The van der Waals surface area contributed by atoms with Gasteiger partial charge in [-0.1, -0.05) is 13.8 Å². The standard InChI is InChI=1S/C14H24FN3O4S2.ClH/c1-4-14(5-2,10-16)18-24(21,22)11-7-8-13(12(15)9-11)17-23(19,20)6-3;/h7-9,17-18H,4-6,10,16H2,1-3H3;1H. The van der Waals surface area contributed by atoms with E-state index < -0.39 is 31.4 Å². The zero-order valence-electron chi connectivity index (χ0n) is 14.4. The second-order valence-electron chi connectivity index (χ2n) is 5.44. The van der Waals surface area contributed by atoms with Gasteiger partial charge in [-0.25, -0.2) is 25.9 Å². The number of nitrogens with two attached hydrogens (primary N) is 1. The number of rotatable bonds is 9. The molecule has 0 atom stereocenters. The van der Waals surface area contributed by atoms with Crippen LogP contribution < -0.4 is 15.2 Å². The molecule has 25 heavy (non-hydrogen) atoms. The van der Waals surface area contributed by atoms with Gasteiger partial charge in [0.25, 0.3) is 0 Å². The summed E-state index contributed by atoms with van der Waals surface area (Å²) in [5.74, 6) is -1.19. The van der Waals surface area contributed by atoms with Crippen LogP contribution in [0.1, 0.15) is 33.6 Å². The zero-order valence-corrected chi connectivity index (χ0v) is 16.8. The van der Waals surface area contributed by atoms with Crippen LogP contribution in [0.3, 0.4) is 0 Å². The van der Waals surface area contributed by atoms with Crippen LogP contribution in [0.25, 0.3) is 0 Å². The van der Waals surface area contributed by atoms with E-state index in [1.54, 1.807) is 0 Å². The van der Waals surface area contributed by atoms with Crippen LogP contribution in [0.15, 0.2) is 23.1 Å². The lowest BCUT2D eigenvalue weighted by Crippen LogP contribution is -2.52. The molecule has 11 heteroatoms. The van der Waals surface area contributed by atoms with Crippen molar-refractivity contribution in [2.24, 2.45) is 5.73 Å². The second-order valence-corrected chi connectivity index (χ2v) is 9.14. The van der Waals surface area contributed by atoms with Gasteiger partial charge < -0.3 is 5.73 Å². The van der Waals surface area contributed by atoms with Crippen molar-refractivity contribution in [2.75, 3.05) is 17.0 Å². The summed E-state index contributed by atoms with van der Waals surface area (Å²) in [6.45, 7) is 5.13. The maximum Gasteiger partial charge on any atom is 0.241 e. The normalized spacial score (nSPS) is 12.5. The first-order valence-corrected chi connectivity index (χ1v) is 10.7. The smallest absolute Gasteiger partial charge is 0.241 e. The zero-order chi connectivity index (χ0) is 18.6. The number of hydrogen-bond acceptors (Lipinski definition) is 5. The number of nitrogens with one attached hydrogen (secondary N) is 2. The quantitative estimate of drug-likeness (QED) is 0.566. The van der Waals surface area contributed by atoms with E-state index in [1.807, 2.05) is 13.8 Å². The lowest BCUT2D eigenvalue weighted by molar-refractivity contribution is 0.363. The summed E-state index contributed by atoms with van der Waals surface area (Å²) < 4.78 is 66.5. The van der Waals surface area contributed by atoms with E-state index in [1.165, 1.54) is 6.92 Å². The largest absolute Gasteiger partial charge is 0.329 e. The molecule has 0 saturated carbocycles. The molecule has 0 aliphatic heterocycles. The molecule has 0 aliphatic rings. The highest BCUT2D eigenvalue weighted by molar-refractivity contribution is 7.92. The van der Waals surface area contributed by atoms with Gasteiger partial charge in [0.1, 0.15) is 5.82 Å². The first kappa shape index (κ1) is 24.1. The van der Waals surface area contributed by atoms with E-state index in [-0.39, 0.29) is 35.3 Å². The van der Waals surface area contributed by atoms with Crippen LogP contribution in [0.5, 0.6) is 0 Å². The van der Waals surface area contributed by atoms with Crippen LogP contribution in [0, 0.1) is 5.82 Å². The van der Waals surface area contributed by atoms with Crippen LogP contribution in [-0.4, -0.2) is 34.7 Å². The second kappa shape index (κ2) is 9.13. The Labute approximate surface area is 155 Å². The number of halogens is 2. The minimum atomic E-state index is -3.99. The Hall–Kier alpha value is -0.940. The molecule has 1 aromatic carbocycles. The van der Waals surface area contributed by atoms with E-state index in [4.69, 9.17) is 5.73 Å². The molecule has 0 bridgehead atoms. The van der Waals surface area contributed by atoms with Gasteiger partial charge in [-0.2, -0.15) is 0 Å². The van der Waals surface area contributed by atoms with E-state index in [2.05, 4.69) is 9.44 Å². The Bertz CT molecular complexity index is 773. The maximum atomic E-state index is 14.1. The molecule has 146 valence electrons. The maximum absolute atomic E-state index is 14.1. The molecule has 0 fully saturated rings. The lowest BCUT2D eigenvalue weighted by Gasteiger charge is -2.31. The highest BCUT2D eigenvalue weighted by Gasteiger charge is 2.31. The van der Waals surface area contributed by atoms with Gasteiger partial charge >= 0.3 is 0 Å². The van der Waals surface area contributed by atoms with Crippen LogP contribution in [0.2, 0.25) is 0 Å². The molecule has 0 saturated heterocycles. The van der Waals surface area contributed by atoms with Crippen molar-refractivity contribution in [1.29, 1.82) is 0 Å². The Morgan fingerprint density at radius 1 is 1.12 bits per heavy atom. The lowest BCUT2D eigenvalue weighted by atomic mass is 9.95. The molecular weight excluding hydrogens is 393 g/mol. The van der Waals surface area contributed by atoms with E-state index in [0.29, 0.717) is 12.8 Å². The van der Waals surface area contributed by atoms with Crippen molar-refractivity contribution in [3.63, 3.8) is 0 Å². The average Bonchev–Trinajstić information content (AvgIpc) is 2.54. The molecular formula is C14H25ClFN3O4S2. The number of hydrogen-bond donors (Lipinski definition) is 3. The van der Waals surface area contributed by atoms with Gasteiger partial charge in [0.05, 0.1) is 16.3 Å². The van der Waals surface area contributed by atoms with Crippen LogP contribution >= 0.6 is 12.4 Å². The van der Waals surface area contributed by atoms with Crippen molar-refractivity contribution >= 4 is 38.1 Å². The van der Waals surface area contributed by atoms with Crippen molar-refractivity contribution < 1.29 is 21.2 Å². The number of anilines is 1. The minimum absolute atomic E-state index is 0. The predicted octanol–water partition coefficient (Wildman–Crippen LogP) is 1.80. The van der Waals surface area contributed by atoms with Gasteiger partial charge in [0, 0.05) is 12.1 Å². The number of benzene rings is 1. The van der Waals surface area contributed by atoms with Gasteiger partial charge in [0.2, 0.25) is 20.0 Å². The number of sulfonamides is 2. The monoisotopic (exact) mass is 417 g/mol. The van der Waals surface area contributed by atoms with Crippen molar-refractivity contribution in [2.45, 2.75) is 44.0 Å². The Morgan fingerprint density at radius 2 is 1.68 bits per heavy atom. The third kappa shape index (κ3) is 6.07. The highest BCUT2D eigenvalue weighted by Crippen LogP contribution is 2.23. The van der Waals surface area contributed by atoms with Gasteiger partial charge in [-0.05, 0) is 38.0 Å². The molecule has 1 aromatic rings. The molecule has 0 heterocycles. The summed E-state index contributed by atoms with van der Waals surface area (Å²) in [7, 11) is -7.65. The Kier molecular flexibility index (Phi) is 8.79. The molecule has 0 unspecified atom stereocenters. The third-order valence-electron chi connectivity index (χ3n) is 3.99. The summed E-state index contributed by atoms with van der Waals surface area (Å²) in [4.78, 5) is -0.292. The Morgan fingerprint density at radius 3 is 2.08 bits per heavy atom. The third-order valence-corrected chi connectivity index (χ3v) is 6.86. The summed E-state index contributed by atoms with van der Waals surface area (Å²) in [5, 5.41) is 0. The first-order chi connectivity index (χ1) is 11.0. The Balaban J connectivity index is 0.00000576. The minimum Gasteiger partial charge on any atom is -0.329 e. The topological polar surface area (TPSA) is 118 Å². The van der Waals surface area contributed by atoms with Crippen molar-refractivity contribution in [1.82, 2.24) is 4.72 Å². The molecule has 0 aliphatic carbocycles. The average molecular weight is 418 g/mol. The van der Waals surface area contributed by atoms with Crippen LogP contribution in [-0.2, 0) is 20.0 Å².